The van der Waals surface area contributed by atoms with Gasteiger partial charge in [0.05, 0.1) is 34.0 Å². The molecule has 2 aromatic heterocycles. The summed E-state index contributed by atoms with van der Waals surface area (Å²) in [6.07, 6.45) is -5.43. The van der Waals surface area contributed by atoms with E-state index in [1.807, 2.05) is 0 Å². The summed E-state index contributed by atoms with van der Waals surface area (Å²) in [5.41, 5.74) is -3.39. The molecule has 1 amide bonds. The molecule has 2 heterocycles. The fraction of sp³-hybridized carbons (Fsp3) is 0.211. The number of hydrogen-bond donors (Lipinski definition) is 3. The van der Waals surface area contributed by atoms with Crippen LogP contribution in [0.2, 0.25) is 0 Å². The molecule has 3 rings (SSSR count). The van der Waals surface area contributed by atoms with Crippen LogP contribution in [0.1, 0.15) is 17.5 Å². The van der Waals surface area contributed by atoms with Crippen LogP contribution in [0.15, 0.2) is 38.2 Å². The predicted molar refractivity (Wildman–Crippen MR) is 117 cm³/mol. The van der Waals surface area contributed by atoms with E-state index in [0.717, 1.165) is 26.5 Å². The molecular weight excluding hydrogens is 486 g/mol. The number of nitrogens with one attached hydrogen (secondary N) is 2. The molecule has 0 fully saturated rings. The fourth-order valence-corrected chi connectivity index (χ4v) is 3.93. The molecule has 174 valence electrons. The highest BCUT2D eigenvalue weighted by Crippen LogP contribution is 2.35. The van der Waals surface area contributed by atoms with Gasteiger partial charge in [0.15, 0.2) is 5.13 Å². The van der Waals surface area contributed by atoms with Crippen molar-refractivity contribution in [3.8, 4) is 11.3 Å². The molecule has 33 heavy (non-hydrogen) atoms. The largest absolute Gasteiger partial charge is 0.419 e. The first-order valence-corrected chi connectivity index (χ1v) is 10.3. The van der Waals surface area contributed by atoms with Crippen molar-refractivity contribution in [1.82, 2.24) is 14.1 Å². The minimum Gasteiger partial charge on any atom is -0.304 e. The third-order valence-electron chi connectivity index (χ3n) is 4.59. The molecule has 0 aliphatic heterocycles. The van der Waals surface area contributed by atoms with E-state index in [9.17, 15) is 31.9 Å². The van der Waals surface area contributed by atoms with Crippen LogP contribution < -0.4 is 16.6 Å². The van der Waals surface area contributed by atoms with Crippen LogP contribution in [-0.4, -0.2) is 25.7 Å². The van der Waals surface area contributed by atoms with Crippen LogP contribution in [0.3, 0.4) is 0 Å². The average Bonchev–Trinajstić information content (AvgIpc) is 3.18. The SMILES string of the molecule is Cn1c(S)c(C(=N)CC(=O)Nc2nc(-c3ccc(F)c(C(F)(F)F)c3)cs2)c(=O)n(C)c1=O. The number of thiazole rings is 1. The zero-order valence-corrected chi connectivity index (χ0v) is 18.7. The Hall–Kier alpha value is -3.26. The van der Waals surface area contributed by atoms with Gasteiger partial charge in [-0.2, -0.15) is 13.2 Å². The molecule has 8 nitrogen and oxygen atoms in total. The standard InChI is InChI=1S/C19H15F4N5O3S2/c1-27-15(30)14(16(32)28(2)18(27)31)11(24)6-13(29)26-17-25-12(7-33-17)8-3-4-10(20)9(5-8)19(21,22)23/h3-5,7,24,32H,6H2,1-2H3,(H,25,26,29). The number of aromatic nitrogens is 3. The third-order valence-corrected chi connectivity index (χ3v) is 5.87. The average molecular weight is 501 g/mol. The summed E-state index contributed by atoms with van der Waals surface area (Å²) in [5.74, 6) is -2.14. The van der Waals surface area contributed by atoms with Crippen molar-refractivity contribution < 1.29 is 22.4 Å². The second kappa shape index (κ2) is 8.94. The molecule has 0 saturated heterocycles. The van der Waals surface area contributed by atoms with Crippen molar-refractivity contribution >= 4 is 40.7 Å². The van der Waals surface area contributed by atoms with Crippen LogP contribution in [0, 0.1) is 11.2 Å². The molecule has 2 N–H and O–H groups in total. The van der Waals surface area contributed by atoms with E-state index in [1.54, 1.807) is 0 Å². The van der Waals surface area contributed by atoms with E-state index in [-0.39, 0.29) is 32.7 Å². The number of anilines is 1. The van der Waals surface area contributed by atoms with Crippen LogP contribution in [0.4, 0.5) is 22.7 Å². The van der Waals surface area contributed by atoms with Gasteiger partial charge in [-0.1, -0.05) is 0 Å². The first kappa shape index (κ1) is 24.4. The smallest absolute Gasteiger partial charge is 0.304 e. The number of alkyl halides is 3. The van der Waals surface area contributed by atoms with Gasteiger partial charge in [0.2, 0.25) is 5.91 Å². The van der Waals surface area contributed by atoms with Gasteiger partial charge in [-0.05, 0) is 18.2 Å². The maximum Gasteiger partial charge on any atom is 0.419 e. The predicted octanol–water partition coefficient (Wildman–Crippen LogP) is 3.05. The van der Waals surface area contributed by atoms with Gasteiger partial charge in [0.25, 0.3) is 5.56 Å². The van der Waals surface area contributed by atoms with E-state index >= 15 is 0 Å². The van der Waals surface area contributed by atoms with Crippen molar-refractivity contribution in [2.45, 2.75) is 17.6 Å². The van der Waals surface area contributed by atoms with Gasteiger partial charge in [0, 0.05) is 25.0 Å². The number of carbonyl (C=O) groups is 1. The molecule has 14 heteroatoms. The highest BCUT2D eigenvalue weighted by atomic mass is 32.1. The lowest BCUT2D eigenvalue weighted by molar-refractivity contribution is -0.140. The molecule has 0 unspecified atom stereocenters. The van der Waals surface area contributed by atoms with Crippen molar-refractivity contribution in [1.29, 1.82) is 5.41 Å². The molecule has 3 aromatic rings. The number of hydrogen-bond acceptors (Lipinski definition) is 7. The summed E-state index contributed by atoms with van der Waals surface area (Å²) in [7, 11) is 2.59. The summed E-state index contributed by atoms with van der Waals surface area (Å²) in [6, 6.07) is 2.43. The van der Waals surface area contributed by atoms with E-state index in [2.05, 4.69) is 22.9 Å². The molecule has 0 saturated carbocycles. The quantitative estimate of drug-likeness (QED) is 0.216. The lowest BCUT2D eigenvalue weighted by Crippen LogP contribution is -2.41. The molecule has 1 aromatic carbocycles. The first-order valence-electron chi connectivity index (χ1n) is 9.00. The number of halogens is 4. The van der Waals surface area contributed by atoms with Crippen molar-refractivity contribution in [3.63, 3.8) is 0 Å². The molecule has 0 atom stereocenters. The molecular formula is C19H15F4N5O3S2. The maximum absolute atomic E-state index is 13.5. The fourth-order valence-electron chi connectivity index (χ4n) is 2.88. The number of thiol groups is 1. The molecule has 0 aliphatic carbocycles. The molecule has 0 radical (unpaired) electrons. The van der Waals surface area contributed by atoms with E-state index in [4.69, 9.17) is 5.41 Å². The van der Waals surface area contributed by atoms with Crippen LogP contribution in [-0.2, 0) is 25.1 Å². The highest BCUT2D eigenvalue weighted by Gasteiger charge is 2.34. The van der Waals surface area contributed by atoms with Crippen LogP contribution in [0.25, 0.3) is 11.3 Å². The Morgan fingerprint density at radius 1 is 1.24 bits per heavy atom. The van der Waals surface area contributed by atoms with Gasteiger partial charge in [-0.15, -0.1) is 24.0 Å². The number of amides is 1. The lowest BCUT2D eigenvalue weighted by atomic mass is 10.1. The third kappa shape index (κ3) is 4.90. The molecule has 0 spiro atoms. The van der Waals surface area contributed by atoms with Crippen LogP contribution >= 0.6 is 24.0 Å². The van der Waals surface area contributed by atoms with Gasteiger partial charge >= 0.3 is 11.9 Å². The topological polar surface area (TPSA) is 110 Å². The Morgan fingerprint density at radius 3 is 2.55 bits per heavy atom. The van der Waals surface area contributed by atoms with E-state index in [1.165, 1.54) is 19.5 Å². The first-order chi connectivity index (χ1) is 15.3. The minimum atomic E-state index is -4.88. The number of nitrogens with zero attached hydrogens (tertiary/aromatic N) is 3. The number of carbonyl (C=O) groups excluding carboxylic acids is 1. The van der Waals surface area contributed by atoms with Crippen LogP contribution in [0.5, 0.6) is 0 Å². The maximum atomic E-state index is 13.5. The highest BCUT2D eigenvalue weighted by molar-refractivity contribution is 7.80. The van der Waals surface area contributed by atoms with E-state index < -0.39 is 41.1 Å². The Kier molecular flexibility index (Phi) is 6.61. The molecule has 0 aliphatic rings. The summed E-state index contributed by atoms with van der Waals surface area (Å²) in [5, 5.41) is 11.8. The molecule has 0 bridgehead atoms. The summed E-state index contributed by atoms with van der Waals surface area (Å²) < 4.78 is 54.1. The van der Waals surface area contributed by atoms with Crippen molar-refractivity contribution in [3.05, 3.63) is 61.4 Å². The van der Waals surface area contributed by atoms with Gasteiger partial charge < -0.3 is 10.7 Å². The van der Waals surface area contributed by atoms with Gasteiger partial charge in [-0.3, -0.25) is 18.7 Å². The van der Waals surface area contributed by atoms with E-state index in [0.29, 0.717) is 12.1 Å². The monoisotopic (exact) mass is 501 g/mol. The summed E-state index contributed by atoms with van der Waals surface area (Å²) in [4.78, 5) is 40.6. The van der Waals surface area contributed by atoms with Crippen molar-refractivity contribution in [2.24, 2.45) is 14.1 Å². The summed E-state index contributed by atoms with van der Waals surface area (Å²) in [6.45, 7) is 0. The number of benzene rings is 1. The Morgan fingerprint density at radius 2 is 1.91 bits per heavy atom. The zero-order valence-electron chi connectivity index (χ0n) is 17.0. The van der Waals surface area contributed by atoms with Gasteiger partial charge in [0.1, 0.15) is 5.82 Å². The van der Waals surface area contributed by atoms with Crippen molar-refractivity contribution in [2.75, 3.05) is 5.32 Å². The minimum absolute atomic E-state index is 0.00151. The zero-order chi connectivity index (χ0) is 24.7. The number of rotatable bonds is 5. The second-order valence-corrected chi connectivity index (χ2v) is 8.12. The normalized spacial score (nSPS) is 11.5. The Balaban J connectivity index is 1.79. The lowest BCUT2D eigenvalue weighted by Gasteiger charge is -2.11. The second-order valence-electron chi connectivity index (χ2n) is 6.84. The Labute approximate surface area is 192 Å². The Bertz CT molecular complexity index is 1390. The summed E-state index contributed by atoms with van der Waals surface area (Å²) >= 11 is 5.01. The van der Waals surface area contributed by atoms with Gasteiger partial charge in [-0.25, -0.2) is 14.2 Å².